The Kier molecular flexibility index (Phi) is 10.8. The Hall–Kier alpha value is -4.32. The molecule has 9 nitrogen and oxygen atoms in total. The van der Waals surface area contributed by atoms with Gasteiger partial charge in [-0.1, -0.05) is 81.4 Å². The first-order valence-electron chi connectivity index (χ1n) is 14.9. The first kappa shape index (κ1) is 34.5. The molecule has 1 aromatic heterocycles. The van der Waals surface area contributed by atoms with Crippen LogP contribution in [0.4, 0.5) is 10.5 Å². The molecule has 1 heterocycles. The topological polar surface area (TPSA) is 116 Å². The summed E-state index contributed by atoms with van der Waals surface area (Å²) >= 11 is 1.29. The van der Waals surface area contributed by atoms with Crippen molar-refractivity contribution >= 4 is 53.7 Å². The van der Waals surface area contributed by atoms with Crippen LogP contribution in [-0.4, -0.2) is 56.6 Å². The Bertz CT molecular complexity index is 1590. The molecule has 0 saturated carbocycles. The molecule has 4 aromatic rings. The summed E-state index contributed by atoms with van der Waals surface area (Å²) in [4.78, 5) is 43.0. The Morgan fingerprint density at radius 3 is 1.91 bits per heavy atom. The number of thiazole rings is 1. The van der Waals surface area contributed by atoms with E-state index in [2.05, 4.69) is 60.7 Å². The van der Waals surface area contributed by atoms with Gasteiger partial charge in [-0.25, -0.2) is 14.6 Å². The predicted octanol–water partition coefficient (Wildman–Crippen LogP) is 6.01. The zero-order chi connectivity index (χ0) is 33.5. The van der Waals surface area contributed by atoms with E-state index in [-0.39, 0.29) is 17.3 Å². The lowest BCUT2D eigenvalue weighted by molar-refractivity contribution is -0.143. The van der Waals surface area contributed by atoms with E-state index in [1.165, 1.54) is 18.4 Å². The van der Waals surface area contributed by atoms with Crippen LogP contribution in [0.15, 0.2) is 90.3 Å². The van der Waals surface area contributed by atoms with Gasteiger partial charge in [-0.15, -0.1) is 11.3 Å². The van der Waals surface area contributed by atoms with Gasteiger partial charge < -0.3 is 19.2 Å². The van der Waals surface area contributed by atoms with Gasteiger partial charge in [0.05, 0.1) is 13.7 Å². The highest BCUT2D eigenvalue weighted by atomic mass is 32.1. The van der Waals surface area contributed by atoms with E-state index in [0.717, 1.165) is 15.9 Å². The molecule has 2 amide bonds. The molecule has 46 heavy (non-hydrogen) atoms. The molecule has 0 aliphatic heterocycles. The summed E-state index contributed by atoms with van der Waals surface area (Å²) in [6.07, 6.45) is -0.549. The summed E-state index contributed by atoms with van der Waals surface area (Å²) in [6.45, 7) is 11.7. The summed E-state index contributed by atoms with van der Waals surface area (Å²) in [6, 6.07) is 26.1. The number of nitrogens with zero attached hydrogens (tertiary/aromatic N) is 1. The minimum atomic E-state index is -2.97. The predicted molar refractivity (Wildman–Crippen MR) is 184 cm³/mol. The maximum absolute atomic E-state index is 13.4. The summed E-state index contributed by atoms with van der Waals surface area (Å²) in [5.41, 5.74) is 0.880. The minimum absolute atomic E-state index is 0.0885. The lowest BCUT2D eigenvalue weighted by atomic mass is 10.2. The number of rotatable bonds is 10. The van der Waals surface area contributed by atoms with Crippen molar-refractivity contribution in [2.45, 2.75) is 58.2 Å². The molecule has 11 heteroatoms. The smallest absolute Gasteiger partial charge is 0.412 e. The lowest BCUT2D eigenvalue weighted by Gasteiger charge is -2.43. The van der Waals surface area contributed by atoms with E-state index in [1.54, 1.807) is 50.4 Å². The van der Waals surface area contributed by atoms with Gasteiger partial charge in [-0.05, 0) is 60.4 Å². The second-order valence-corrected chi connectivity index (χ2v) is 17.9. The summed E-state index contributed by atoms with van der Waals surface area (Å²) in [7, 11) is -1.69. The number of methoxy groups -OCH3 is 1. The van der Waals surface area contributed by atoms with Crippen molar-refractivity contribution in [1.82, 2.24) is 10.3 Å². The van der Waals surface area contributed by atoms with Crippen molar-refractivity contribution in [2.24, 2.45) is 0 Å². The summed E-state index contributed by atoms with van der Waals surface area (Å²) in [5.74, 6) is -1.14. The van der Waals surface area contributed by atoms with E-state index < -0.39 is 37.9 Å². The highest BCUT2D eigenvalue weighted by molar-refractivity contribution is 7.13. The van der Waals surface area contributed by atoms with Gasteiger partial charge in [0.25, 0.3) is 14.2 Å². The van der Waals surface area contributed by atoms with Gasteiger partial charge in [-0.2, -0.15) is 0 Å². The molecule has 1 atom stereocenters. The van der Waals surface area contributed by atoms with Crippen LogP contribution in [0, 0.1) is 0 Å². The van der Waals surface area contributed by atoms with E-state index in [9.17, 15) is 14.4 Å². The largest absolute Gasteiger partial charge is 0.467 e. The quantitative estimate of drug-likeness (QED) is 0.158. The molecule has 2 N–H and O–H groups in total. The first-order chi connectivity index (χ1) is 21.7. The van der Waals surface area contributed by atoms with Crippen LogP contribution in [0.3, 0.4) is 0 Å². The van der Waals surface area contributed by atoms with Gasteiger partial charge in [0, 0.05) is 16.6 Å². The van der Waals surface area contributed by atoms with Crippen LogP contribution in [0.2, 0.25) is 5.04 Å². The highest BCUT2D eigenvalue weighted by Gasteiger charge is 2.50. The van der Waals surface area contributed by atoms with Gasteiger partial charge >= 0.3 is 12.1 Å². The fourth-order valence-electron chi connectivity index (χ4n) is 5.14. The van der Waals surface area contributed by atoms with E-state index in [4.69, 9.17) is 13.9 Å². The lowest BCUT2D eigenvalue weighted by Crippen LogP contribution is -2.67. The molecule has 0 saturated heterocycles. The van der Waals surface area contributed by atoms with Crippen molar-refractivity contribution in [3.63, 3.8) is 0 Å². The number of aromatic nitrogens is 1. The fourth-order valence-corrected chi connectivity index (χ4v) is 10.5. The Balaban J connectivity index is 1.52. The maximum atomic E-state index is 13.4. The SMILES string of the molecule is COC(=O)[C@H](CO[Si](c1ccccc1)(c1ccccc1)C(C)(C)C)NC(=O)c1csc(-c2ccc(NC(=O)OC(C)(C)C)cc2)n1. The van der Waals surface area contributed by atoms with Crippen LogP contribution in [-0.2, 0) is 18.7 Å². The van der Waals surface area contributed by atoms with Crippen LogP contribution in [0.5, 0.6) is 0 Å². The average molecular weight is 660 g/mol. The van der Waals surface area contributed by atoms with E-state index >= 15 is 0 Å². The third-order valence-corrected chi connectivity index (χ3v) is 13.1. The highest BCUT2D eigenvalue weighted by Crippen LogP contribution is 2.37. The van der Waals surface area contributed by atoms with Crippen molar-refractivity contribution < 1.29 is 28.3 Å². The average Bonchev–Trinajstić information content (AvgIpc) is 3.51. The molecule has 0 radical (unpaired) electrons. The molecule has 0 bridgehead atoms. The van der Waals surface area contributed by atoms with Crippen molar-refractivity contribution in [1.29, 1.82) is 0 Å². The number of nitrogens with one attached hydrogen (secondary N) is 2. The standard InChI is InChI=1S/C35H41N3O6SSi/c1-34(2,3)44-33(41)36-25-20-18-24(19-21-25)31-38-29(23-45-31)30(39)37-28(32(40)42-7)22-43-46(35(4,5)6,26-14-10-8-11-15-26)27-16-12-9-13-17-27/h8-21,23,28H,22H2,1-7H3,(H,36,41)(H,37,39)/t28-/m0/s1. The number of ether oxygens (including phenoxy) is 2. The Morgan fingerprint density at radius 1 is 0.848 bits per heavy atom. The van der Waals surface area contributed by atoms with Gasteiger partial charge in [-0.3, -0.25) is 10.1 Å². The van der Waals surface area contributed by atoms with Crippen LogP contribution < -0.4 is 21.0 Å². The molecule has 0 fully saturated rings. The second kappa shape index (κ2) is 14.4. The number of esters is 1. The Labute approximate surface area is 275 Å². The molecule has 0 spiro atoms. The van der Waals surface area contributed by atoms with Crippen molar-refractivity contribution in [3.8, 4) is 10.6 Å². The van der Waals surface area contributed by atoms with Gasteiger partial charge in [0.2, 0.25) is 0 Å². The number of anilines is 1. The molecule has 0 aliphatic rings. The van der Waals surface area contributed by atoms with Crippen LogP contribution in [0.25, 0.3) is 10.6 Å². The molecule has 4 rings (SSSR count). The van der Waals surface area contributed by atoms with Crippen LogP contribution in [0.1, 0.15) is 52.0 Å². The molecular formula is C35H41N3O6SSi. The number of benzene rings is 3. The zero-order valence-corrected chi connectivity index (χ0v) is 29.1. The third-order valence-electron chi connectivity index (χ3n) is 7.19. The first-order valence-corrected chi connectivity index (χ1v) is 17.7. The fraction of sp³-hybridized carbons (Fsp3) is 0.314. The van der Waals surface area contributed by atoms with Crippen LogP contribution >= 0.6 is 11.3 Å². The summed E-state index contributed by atoms with van der Waals surface area (Å²) < 4.78 is 17.3. The molecule has 242 valence electrons. The third kappa shape index (κ3) is 8.28. The van der Waals surface area contributed by atoms with Crippen molar-refractivity contribution in [2.75, 3.05) is 19.0 Å². The van der Waals surface area contributed by atoms with E-state index in [1.807, 2.05) is 36.4 Å². The zero-order valence-electron chi connectivity index (χ0n) is 27.2. The number of amides is 2. The number of hydrogen-bond donors (Lipinski definition) is 2. The molecule has 0 aliphatic carbocycles. The molecule has 0 unspecified atom stereocenters. The van der Waals surface area contributed by atoms with Gasteiger partial charge in [0.15, 0.2) is 0 Å². The number of hydrogen-bond acceptors (Lipinski definition) is 8. The van der Waals surface area contributed by atoms with Crippen molar-refractivity contribution in [3.05, 3.63) is 96.0 Å². The maximum Gasteiger partial charge on any atom is 0.412 e. The number of carbonyl (C=O) groups excluding carboxylic acids is 3. The monoisotopic (exact) mass is 659 g/mol. The van der Waals surface area contributed by atoms with Gasteiger partial charge in [0.1, 0.15) is 22.3 Å². The normalized spacial score (nSPS) is 12.6. The minimum Gasteiger partial charge on any atom is -0.467 e. The van der Waals surface area contributed by atoms with E-state index in [0.29, 0.717) is 10.7 Å². The summed E-state index contributed by atoms with van der Waals surface area (Å²) in [5, 5.41) is 9.52. The Morgan fingerprint density at radius 2 is 1.41 bits per heavy atom. The second-order valence-electron chi connectivity index (χ2n) is 12.8. The molecule has 3 aromatic carbocycles. The number of carbonyl (C=O) groups is 3. The molecular weight excluding hydrogens is 619 g/mol.